The SMILES string of the molecule is O=C(NNC(=O)C1CCS(=O)(=O)C1)c1c[nH]c2ccccc12. The molecule has 1 atom stereocenters. The molecule has 1 aliphatic rings. The van der Waals surface area contributed by atoms with Crippen LogP contribution in [0.3, 0.4) is 0 Å². The van der Waals surface area contributed by atoms with E-state index in [4.69, 9.17) is 0 Å². The molecule has 0 bridgehead atoms. The molecule has 0 aliphatic carbocycles. The number of hydrogen-bond donors (Lipinski definition) is 3. The van der Waals surface area contributed by atoms with Gasteiger partial charge >= 0.3 is 0 Å². The second kappa shape index (κ2) is 5.45. The molecule has 3 rings (SSSR count). The van der Waals surface area contributed by atoms with Gasteiger partial charge < -0.3 is 4.98 Å². The van der Waals surface area contributed by atoms with Crippen molar-refractivity contribution in [2.24, 2.45) is 5.92 Å². The molecular formula is C14H15N3O4S. The van der Waals surface area contributed by atoms with Gasteiger partial charge in [0.05, 0.1) is 23.0 Å². The largest absolute Gasteiger partial charge is 0.360 e. The standard InChI is InChI=1S/C14H15N3O4S/c18-13(9-5-6-22(20,21)8-9)16-17-14(19)11-7-15-12-4-2-1-3-10(11)12/h1-4,7,9,15H,5-6,8H2,(H,16,18)(H,17,19). The Morgan fingerprint density at radius 1 is 1.18 bits per heavy atom. The summed E-state index contributed by atoms with van der Waals surface area (Å²) in [5.74, 6) is -1.68. The Morgan fingerprint density at radius 2 is 1.95 bits per heavy atom. The summed E-state index contributed by atoms with van der Waals surface area (Å²) < 4.78 is 22.7. The summed E-state index contributed by atoms with van der Waals surface area (Å²) >= 11 is 0. The molecule has 2 heterocycles. The zero-order valence-electron chi connectivity index (χ0n) is 11.6. The molecule has 3 N–H and O–H groups in total. The van der Waals surface area contributed by atoms with E-state index in [0.29, 0.717) is 5.56 Å². The van der Waals surface area contributed by atoms with Gasteiger partial charge in [0.2, 0.25) is 5.91 Å². The van der Waals surface area contributed by atoms with Crippen LogP contribution in [0, 0.1) is 5.92 Å². The third-order valence-electron chi connectivity index (χ3n) is 3.74. The number of carbonyl (C=O) groups excluding carboxylic acids is 2. The van der Waals surface area contributed by atoms with Gasteiger partial charge in [-0.3, -0.25) is 20.4 Å². The van der Waals surface area contributed by atoms with Crippen LogP contribution in [-0.4, -0.2) is 36.7 Å². The van der Waals surface area contributed by atoms with Crippen LogP contribution in [-0.2, 0) is 14.6 Å². The molecule has 1 fully saturated rings. The summed E-state index contributed by atoms with van der Waals surface area (Å²) in [6.45, 7) is 0. The first-order valence-corrected chi connectivity index (χ1v) is 8.65. The van der Waals surface area contributed by atoms with Crippen molar-refractivity contribution in [1.82, 2.24) is 15.8 Å². The minimum absolute atomic E-state index is 0.0154. The van der Waals surface area contributed by atoms with E-state index in [1.54, 1.807) is 12.3 Å². The molecule has 0 spiro atoms. The maximum atomic E-state index is 12.1. The van der Waals surface area contributed by atoms with Gasteiger partial charge in [0, 0.05) is 17.1 Å². The number of aromatic amines is 1. The average molecular weight is 321 g/mol. The van der Waals surface area contributed by atoms with Gasteiger partial charge in [-0.15, -0.1) is 0 Å². The van der Waals surface area contributed by atoms with Crippen molar-refractivity contribution in [3.63, 3.8) is 0 Å². The fourth-order valence-corrected chi connectivity index (χ4v) is 4.29. The van der Waals surface area contributed by atoms with Crippen LogP contribution in [0.1, 0.15) is 16.8 Å². The van der Waals surface area contributed by atoms with Crippen molar-refractivity contribution in [2.75, 3.05) is 11.5 Å². The van der Waals surface area contributed by atoms with Crippen molar-refractivity contribution in [1.29, 1.82) is 0 Å². The lowest BCUT2D eigenvalue weighted by Gasteiger charge is -2.10. The third kappa shape index (κ3) is 2.82. The lowest BCUT2D eigenvalue weighted by Crippen LogP contribution is -2.44. The molecule has 1 saturated heterocycles. The van der Waals surface area contributed by atoms with Crippen LogP contribution >= 0.6 is 0 Å². The van der Waals surface area contributed by atoms with E-state index in [1.807, 2.05) is 18.2 Å². The Hall–Kier alpha value is -2.35. The maximum absolute atomic E-state index is 12.1. The Kier molecular flexibility index (Phi) is 3.61. The average Bonchev–Trinajstić information content (AvgIpc) is 3.07. The van der Waals surface area contributed by atoms with Crippen LogP contribution in [0.5, 0.6) is 0 Å². The topological polar surface area (TPSA) is 108 Å². The summed E-state index contributed by atoms with van der Waals surface area (Å²) in [5.41, 5.74) is 5.86. The van der Waals surface area contributed by atoms with E-state index in [0.717, 1.165) is 10.9 Å². The van der Waals surface area contributed by atoms with Crippen LogP contribution < -0.4 is 10.9 Å². The van der Waals surface area contributed by atoms with Crippen LogP contribution in [0.25, 0.3) is 10.9 Å². The van der Waals surface area contributed by atoms with Gasteiger partial charge in [-0.2, -0.15) is 0 Å². The predicted molar refractivity (Wildman–Crippen MR) is 80.7 cm³/mol. The summed E-state index contributed by atoms with van der Waals surface area (Å²) in [7, 11) is -3.13. The number of hydrogen-bond acceptors (Lipinski definition) is 4. The van der Waals surface area contributed by atoms with E-state index in [9.17, 15) is 18.0 Å². The highest BCUT2D eigenvalue weighted by molar-refractivity contribution is 7.91. The second-order valence-corrected chi connectivity index (χ2v) is 7.52. The number of nitrogens with one attached hydrogen (secondary N) is 3. The molecule has 0 saturated carbocycles. The lowest BCUT2D eigenvalue weighted by atomic mass is 10.1. The van der Waals surface area contributed by atoms with E-state index in [-0.39, 0.29) is 17.9 Å². The van der Waals surface area contributed by atoms with Crippen LogP contribution in [0.15, 0.2) is 30.5 Å². The monoisotopic (exact) mass is 321 g/mol. The van der Waals surface area contributed by atoms with Crippen LogP contribution in [0.2, 0.25) is 0 Å². The molecule has 2 amide bonds. The highest BCUT2D eigenvalue weighted by atomic mass is 32.2. The highest BCUT2D eigenvalue weighted by Gasteiger charge is 2.33. The number of hydrazine groups is 1. The van der Waals surface area contributed by atoms with Crippen molar-refractivity contribution < 1.29 is 18.0 Å². The summed E-state index contributed by atoms with van der Waals surface area (Å²) in [6, 6.07) is 7.30. The molecule has 116 valence electrons. The van der Waals surface area contributed by atoms with Crippen LogP contribution in [0.4, 0.5) is 0 Å². The number of carbonyl (C=O) groups is 2. The first-order chi connectivity index (χ1) is 10.5. The molecular weight excluding hydrogens is 306 g/mol. The van der Waals surface area contributed by atoms with Gasteiger partial charge in [0.15, 0.2) is 9.84 Å². The molecule has 8 heteroatoms. The Balaban J connectivity index is 1.64. The van der Waals surface area contributed by atoms with Gasteiger partial charge in [-0.05, 0) is 12.5 Å². The molecule has 1 aliphatic heterocycles. The molecule has 0 radical (unpaired) electrons. The predicted octanol–water partition coefficient (Wildman–Crippen LogP) is 0.364. The molecule has 1 aromatic carbocycles. The second-order valence-electron chi connectivity index (χ2n) is 5.29. The van der Waals surface area contributed by atoms with E-state index >= 15 is 0 Å². The number of para-hydroxylation sites is 1. The summed E-state index contributed by atoms with van der Waals surface area (Å²) in [5, 5.41) is 0.748. The number of amides is 2. The molecule has 2 aromatic rings. The van der Waals surface area contributed by atoms with Gasteiger partial charge in [-0.25, -0.2) is 8.42 Å². The highest BCUT2D eigenvalue weighted by Crippen LogP contribution is 2.19. The Morgan fingerprint density at radius 3 is 2.68 bits per heavy atom. The quantitative estimate of drug-likeness (QED) is 0.694. The van der Waals surface area contributed by atoms with Gasteiger partial charge in [-0.1, -0.05) is 18.2 Å². The summed E-state index contributed by atoms with van der Waals surface area (Å²) in [4.78, 5) is 26.9. The minimum atomic E-state index is -3.13. The van der Waals surface area contributed by atoms with E-state index in [1.165, 1.54) is 0 Å². The molecule has 1 unspecified atom stereocenters. The van der Waals surface area contributed by atoms with Crippen molar-refractivity contribution >= 4 is 32.6 Å². The lowest BCUT2D eigenvalue weighted by molar-refractivity contribution is -0.125. The summed E-state index contributed by atoms with van der Waals surface area (Å²) in [6.07, 6.45) is 1.85. The molecule has 22 heavy (non-hydrogen) atoms. The first-order valence-electron chi connectivity index (χ1n) is 6.83. The zero-order valence-corrected chi connectivity index (χ0v) is 12.4. The fourth-order valence-electron chi connectivity index (χ4n) is 2.55. The van der Waals surface area contributed by atoms with Crippen molar-refractivity contribution in [3.05, 3.63) is 36.0 Å². The molecule has 7 nitrogen and oxygen atoms in total. The number of sulfone groups is 1. The number of aromatic nitrogens is 1. The van der Waals surface area contributed by atoms with E-state index < -0.39 is 27.6 Å². The Labute approximate surface area is 127 Å². The third-order valence-corrected chi connectivity index (χ3v) is 5.50. The molecule has 1 aromatic heterocycles. The fraction of sp³-hybridized carbons (Fsp3) is 0.286. The first kappa shape index (κ1) is 14.6. The number of rotatable bonds is 2. The smallest absolute Gasteiger partial charge is 0.271 e. The zero-order chi connectivity index (χ0) is 15.7. The normalized spacial score (nSPS) is 19.9. The van der Waals surface area contributed by atoms with Crippen molar-refractivity contribution in [3.8, 4) is 0 Å². The maximum Gasteiger partial charge on any atom is 0.271 e. The minimum Gasteiger partial charge on any atom is -0.360 e. The van der Waals surface area contributed by atoms with Crippen molar-refractivity contribution in [2.45, 2.75) is 6.42 Å². The number of fused-ring (bicyclic) bond motifs is 1. The number of benzene rings is 1. The Bertz CT molecular complexity index is 841. The van der Waals surface area contributed by atoms with Gasteiger partial charge in [0.1, 0.15) is 0 Å². The van der Waals surface area contributed by atoms with E-state index in [2.05, 4.69) is 15.8 Å². The van der Waals surface area contributed by atoms with Gasteiger partial charge in [0.25, 0.3) is 5.91 Å². The number of H-pyrrole nitrogens is 1.